The Balaban J connectivity index is 1.72. The number of hydrogen-bond acceptors (Lipinski definition) is 3. The van der Waals surface area contributed by atoms with Crippen LogP contribution in [-0.2, 0) is 0 Å². The number of rotatable bonds is 6. The lowest BCUT2D eigenvalue weighted by Crippen LogP contribution is -2.26. The van der Waals surface area contributed by atoms with Crippen molar-refractivity contribution in [2.75, 3.05) is 18.5 Å². The van der Waals surface area contributed by atoms with Gasteiger partial charge in [0.1, 0.15) is 18.5 Å². The van der Waals surface area contributed by atoms with Crippen LogP contribution in [0.25, 0.3) is 0 Å². The van der Waals surface area contributed by atoms with Gasteiger partial charge in [0, 0.05) is 17.3 Å². The molecule has 4 heteroatoms. The summed E-state index contributed by atoms with van der Waals surface area (Å²) in [4.78, 5) is 0. The Morgan fingerprint density at radius 1 is 1.05 bits per heavy atom. The summed E-state index contributed by atoms with van der Waals surface area (Å²) in [6.45, 7) is 0.680. The molecular formula is C15H16ClNO2. The van der Waals surface area contributed by atoms with Crippen molar-refractivity contribution in [3.63, 3.8) is 0 Å². The highest BCUT2D eigenvalue weighted by Gasteiger charge is 2.05. The Bertz CT molecular complexity index is 487. The van der Waals surface area contributed by atoms with E-state index in [0.29, 0.717) is 11.6 Å². The molecule has 0 aliphatic heterocycles. The Kier molecular flexibility index (Phi) is 5.07. The van der Waals surface area contributed by atoms with Crippen molar-refractivity contribution in [2.24, 2.45) is 0 Å². The predicted molar refractivity (Wildman–Crippen MR) is 77.9 cm³/mol. The Morgan fingerprint density at radius 2 is 1.74 bits per heavy atom. The van der Waals surface area contributed by atoms with Crippen LogP contribution in [-0.4, -0.2) is 24.4 Å². The molecule has 1 atom stereocenters. The summed E-state index contributed by atoms with van der Waals surface area (Å²) in [6.07, 6.45) is -0.573. The highest BCUT2D eigenvalue weighted by Crippen LogP contribution is 2.13. The van der Waals surface area contributed by atoms with Crippen LogP contribution in [0.3, 0.4) is 0 Å². The molecule has 1 unspecified atom stereocenters. The summed E-state index contributed by atoms with van der Waals surface area (Å²) in [7, 11) is 0. The molecule has 2 N–H and O–H groups in total. The van der Waals surface area contributed by atoms with Crippen LogP contribution < -0.4 is 10.1 Å². The molecule has 0 radical (unpaired) electrons. The molecule has 2 aromatic carbocycles. The Hall–Kier alpha value is -1.71. The molecule has 3 nitrogen and oxygen atoms in total. The van der Waals surface area contributed by atoms with Crippen molar-refractivity contribution >= 4 is 17.3 Å². The van der Waals surface area contributed by atoms with Gasteiger partial charge < -0.3 is 15.2 Å². The van der Waals surface area contributed by atoms with Gasteiger partial charge in [-0.1, -0.05) is 29.8 Å². The average molecular weight is 278 g/mol. The standard InChI is InChI=1S/C15H16ClNO2/c16-12-6-8-13(9-7-12)17-10-14(18)11-19-15-4-2-1-3-5-15/h1-9,14,17-18H,10-11H2. The zero-order valence-electron chi connectivity index (χ0n) is 10.4. The minimum atomic E-state index is -0.573. The van der Waals surface area contributed by atoms with Gasteiger partial charge in [-0.25, -0.2) is 0 Å². The van der Waals surface area contributed by atoms with E-state index in [1.165, 1.54) is 0 Å². The smallest absolute Gasteiger partial charge is 0.119 e. The minimum absolute atomic E-state index is 0.255. The second kappa shape index (κ2) is 7.02. The molecule has 0 saturated carbocycles. The molecule has 0 fully saturated rings. The average Bonchev–Trinajstić information content (AvgIpc) is 2.45. The van der Waals surface area contributed by atoms with Crippen LogP contribution >= 0.6 is 11.6 Å². The van der Waals surface area contributed by atoms with Gasteiger partial charge in [-0.05, 0) is 36.4 Å². The van der Waals surface area contributed by atoms with Crippen LogP contribution in [0.4, 0.5) is 5.69 Å². The number of ether oxygens (including phenoxy) is 1. The molecule has 0 spiro atoms. The van der Waals surface area contributed by atoms with Crippen LogP contribution in [0, 0.1) is 0 Å². The molecule has 0 saturated heterocycles. The number of hydrogen-bond donors (Lipinski definition) is 2. The van der Waals surface area contributed by atoms with E-state index in [1.54, 1.807) is 12.1 Å². The summed E-state index contributed by atoms with van der Waals surface area (Å²) in [5.41, 5.74) is 0.920. The fourth-order valence-electron chi connectivity index (χ4n) is 1.57. The van der Waals surface area contributed by atoms with Crippen molar-refractivity contribution in [3.05, 3.63) is 59.6 Å². The number of nitrogens with one attached hydrogen (secondary N) is 1. The van der Waals surface area contributed by atoms with Gasteiger partial charge in [-0.15, -0.1) is 0 Å². The highest BCUT2D eigenvalue weighted by atomic mass is 35.5. The van der Waals surface area contributed by atoms with Gasteiger partial charge in [-0.3, -0.25) is 0 Å². The monoisotopic (exact) mass is 277 g/mol. The first-order chi connectivity index (χ1) is 9.24. The molecular weight excluding hydrogens is 262 g/mol. The first-order valence-corrected chi connectivity index (χ1v) is 6.47. The molecule has 2 aromatic rings. The zero-order chi connectivity index (χ0) is 13.5. The molecule has 19 heavy (non-hydrogen) atoms. The van der Waals surface area contributed by atoms with Crippen molar-refractivity contribution in [3.8, 4) is 5.75 Å². The summed E-state index contributed by atoms with van der Waals surface area (Å²) in [5, 5.41) is 13.6. The van der Waals surface area contributed by atoms with Crippen LogP contribution in [0.5, 0.6) is 5.75 Å². The van der Waals surface area contributed by atoms with Gasteiger partial charge in [0.15, 0.2) is 0 Å². The van der Waals surface area contributed by atoms with Gasteiger partial charge in [-0.2, -0.15) is 0 Å². The van der Waals surface area contributed by atoms with E-state index in [4.69, 9.17) is 16.3 Å². The minimum Gasteiger partial charge on any atom is -0.491 e. The third-order valence-corrected chi connectivity index (χ3v) is 2.82. The molecule has 0 aromatic heterocycles. The number of aliphatic hydroxyl groups excluding tert-OH is 1. The molecule has 0 aliphatic carbocycles. The lowest BCUT2D eigenvalue weighted by atomic mass is 10.3. The molecule has 0 aliphatic rings. The number of benzene rings is 2. The quantitative estimate of drug-likeness (QED) is 0.852. The highest BCUT2D eigenvalue weighted by molar-refractivity contribution is 6.30. The SMILES string of the molecule is OC(CNc1ccc(Cl)cc1)COc1ccccc1. The van der Waals surface area contributed by atoms with Crippen molar-refractivity contribution in [1.82, 2.24) is 0 Å². The fraction of sp³-hybridized carbons (Fsp3) is 0.200. The van der Waals surface area contributed by atoms with Crippen molar-refractivity contribution in [1.29, 1.82) is 0 Å². The third kappa shape index (κ3) is 4.81. The topological polar surface area (TPSA) is 41.5 Å². The fourth-order valence-corrected chi connectivity index (χ4v) is 1.70. The number of aliphatic hydroxyl groups is 1. The molecule has 100 valence electrons. The van der Waals surface area contributed by atoms with Gasteiger partial charge >= 0.3 is 0 Å². The summed E-state index contributed by atoms with van der Waals surface area (Å²) < 4.78 is 5.46. The summed E-state index contributed by atoms with van der Waals surface area (Å²) in [5.74, 6) is 0.757. The van der Waals surface area contributed by atoms with Gasteiger partial charge in [0.25, 0.3) is 0 Å². The lowest BCUT2D eigenvalue weighted by Gasteiger charge is -2.14. The van der Waals surface area contributed by atoms with Crippen LogP contribution in [0.2, 0.25) is 5.02 Å². The first kappa shape index (κ1) is 13.7. The summed E-state index contributed by atoms with van der Waals surface area (Å²) in [6, 6.07) is 16.8. The van der Waals surface area contributed by atoms with Gasteiger partial charge in [0.05, 0.1) is 0 Å². The molecule has 0 bridgehead atoms. The van der Waals surface area contributed by atoms with E-state index < -0.39 is 6.10 Å². The van der Waals surface area contributed by atoms with Crippen LogP contribution in [0.15, 0.2) is 54.6 Å². The molecule has 0 heterocycles. The number of para-hydroxylation sites is 1. The lowest BCUT2D eigenvalue weighted by molar-refractivity contribution is 0.117. The van der Waals surface area contributed by atoms with Gasteiger partial charge in [0.2, 0.25) is 0 Å². The largest absolute Gasteiger partial charge is 0.491 e. The maximum Gasteiger partial charge on any atom is 0.119 e. The Labute approximate surface area is 117 Å². The second-order valence-electron chi connectivity index (χ2n) is 4.17. The third-order valence-electron chi connectivity index (χ3n) is 2.57. The van der Waals surface area contributed by atoms with E-state index in [1.807, 2.05) is 42.5 Å². The maximum atomic E-state index is 9.81. The normalized spacial score (nSPS) is 11.9. The van der Waals surface area contributed by atoms with E-state index >= 15 is 0 Å². The number of anilines is 1. The van der Waals surface area contributed by atoms with Crippen molar-refractivity contribution in [2.45, 2.75) is 6.10 Å². The van der Waals surface area contributed by atoms with Crippen LogP contribution in [0.1, 0.15) is 0 Å². The predicted octanol–water partition coefficient (Wildman–Crippen LogP) is 3.19. The molecule has 0 amide bonds. The summed E-state index contributed by atoms with van der Waals surface area (Å²) >= 11 is 5.79. The second-order valence-corrected chi connectivity index (χ2v) is 4.60. The zero-order valence-corrected chi connectivity index (χ0v) is 11.2. The Morgan fingerprint density at radius 3 is 2.42 bits per heavy atom. The van der Waals surface area contributed by atoms with E-state index in [2.05, 4.69) is 5.32 Å². The van der Waals surface area contributed by atoms with E-state index in [0.717, 1.165) is 11.4 Å². The van der Waals surface area contributed by atoms with E-state index in [-0.39, 0.29) is 6.61 Å². The molecule has 2 rings (SSSR count). The maximum absolute atomic E-state index is 9.81. The van der Waals surface area contributed by atoms with E-state index in [9.17, 15) is 5.11 Å². The number of halogens is 1. The van der Waals surface area contributed by atoms with Crippen molar-refractivity contribution < 1.29 is 9.84 Å². The first-order valence-electron chi connectivity index (χ1n) is 6.09.